The number of hydrogen-bond acceptors (Lipinski definition) is 6. The minimum atomic E-state index is -0.164. The van der Waals surface area contributed by atoms with Crippen molar-refractivity contribution < 1.29 is 4.79 Å². The monoisotopic (exact) mass is 367 g/mol. The lowest BCUT2D eigenvalue weighted by Crippen LogP contribution is -2.48. The van der Waals surface area contributed by atoms with Crippen LogP contribution in [0.3, 0.4) is 0 Å². The lowest BCUT2D eigenvalue weighted by atomic mass is 10.1. The van der Waals surface area contributed by atoms with Crippen molar-refractivity contribution in [3.05, 3.63) is 48.0 Å². The first kappa shape index (κ1) is 16.9. The molecule has 0 radical (unpaired) electrons. The van der Waals surface area contributed by atoms with Crippen LogP contribution in [0.15, 0.2) is 36.8 Å². The third-order valence-corrected chi connectivity index (χ3v) is 5.78. The van der Waals surface area contributed by atoms with Gasteiger partial charge in [0.05, 0.1) is 16.4 Å². The van der Waals surface area contributed by atoms with E-state index in [1.54, 1.807) is 17.5 Å². The second-order valence-corrected chi connectivity index (χ2v) is 7.47. The first-order valence-corrected chi connectivity index (χ1v) is 9.76. The minimum Gasteiger partial charge on any atom is -0.346 e. The number of rotatable bonds is 4. The zero-order valence-electron chi connectivity index (χ0n) is 14.7. The average molecular weight is 367 g/mol. The molecule has 134 valence electrons. The Morgan fingerprint density at radius 1 is 1.38 bits per heavy atom. The molecule has 1 aliphatic rings. The molecule has 1 unspecified atom stereocenters. The summed E-state index contributed by atoms with van der Waals surface area (Å²) in [5.41, 5.74) is 2.76. The number of anilines is 1. The van der Waals surface area contributed by atoms with Crippen LogP contribution in [0.25, 0.3) is 10.2 Å². The van der Waals surface area contributed by atoms with E-state index < -0.39 is 0 Å². The molecular formula is C19H21N5OS. The van der Waals surface area contributed by atoms with Crippen LogP contribution in [0, 0.1) is 0 Å². The Hall–Kier alpha value is -2.54. The van der Waals surface area contributed by atoms with Gasteiger partial charge >= 0.3 is 0 Å². The van der Waals surface area contributed by atoms with E-state index in [2.05, 4.69) is 45.3 Å². The molecule has 1 saturated heterocycles. The fraction of sp³-hybridized carbons (Fsp3) is 0.368. The molecule has 0 aliphatic carbocycles. The second-order valence-electron chi connectivity index (χ2n) is 6.46. The second kappa shape index (κ2) is 7.37. The predicted octanol–water partition coefficient (Wildman–Crippen LogP) is 3.05. The minimum absolute atomic E-state index is 0.0934. The number of para-hydroxylation sites is 1. The van der Waals surface area contributed by atoms with Gasteiger partial charge in [-0.3, -0.25) is 9.78 Å². The maximum Gasteiger partial charge on any atom is 0.271 e. The van der Waals surface area contributed by atoms with Gasteiger partial charge in [0.15, 0.2) is 5.13 Å². The third-order valence-electron chi connectivity index (χ3n) is 4.70. The van der Waals surface area contributed by atoms with E-state index in [1.807, 2.05) is 0 Å². The number of benzene rings is 1. The van der Waals surface area contributed by atoms with E-state index in [4.69, 9.17) is 4.98 Å². The summed E-state index contributed by atoms with van der Waals surface area (Å²) in [6.45, 7) is 3.90. The van der Waals surface area contributed by atoms with Crippen molar-refractivity contribution in [1.82, 2.24) is 20.3 Å². The molecule has 6 nitrogen and oxygen atoms in total. The van der Waals surface area contributed by atoms with Gasteiger partial charge in [-0.1, -0.05) is 30.4 Å². The fourth-order valence-electron chi connectivity index (χ4n) is 3.36. The maximum atomic E-state index is 12.3. The largest absolute Gasteiger partial charge is 0.346 e. The van der Waals surface area contributed by atoms with E-state index in [9.17, 15) is 4.79 Å². The molecule has 1 atom stereocenters. The van der Waals surface area contributed by atoms with Crippen molar-refractivity contribution in [2.75, 3.05) is 18.0 Å². The summed E-state index contributed by atoms with van der Waals surface area (Å²) < 4.78 is 1.23. The van der Waals surface area contributed by atoms with Crippen LogP contribution in [-0.2, 0) is 6.42 Å². The lowest BCUT2D eigenvalue weighted by molar-refractivity contribution is 0.0927. The summed E-state index contributed by atoms with van der Waals surface area (Å²) in [7, 11) is 0. The number of aromatic nitrogens is 3. The van der Waals surface area contributed by atoms with Crippen molar-refractivity contribution in [1.29, 1.82) is 0 Å². The Morgan fingerprint density at radius 2 is 2.31 bits per heavy atom. The number of nitrogens with zero attached hydrogens (tertiary/aromatic N) is 4. The highest BCUT2D eigenvalue weighted by Gasteiger charge is 2.24. The highest BCUT2D eigenvalue weighted by molar-refractivity contribution is 7.22. The first-order valence-electron chi connectivity index (χ1n) is 8.95. The number of thiazole rings is 1. The third kappa shape index (κ3) is 3.39. The molecule has 1 amide bonds. The van der Waals surface area contributed by atoms with Gasteiger partial charge in [0.1, 0.15) is 5.69 Å². The number of hydrogen-bond donors (Lipinski definition) is 1. The topological polar surface area (TPSA) is 71.0 Å². The van der Waals surface area contributed by atoms with Gasteiger partial charge in [-0.25, -0.2) is 9.97 Å². The number of piperidine rings is 1. The summed E-state index contributed by atoms with van der Waals surface area (Å²) in [4.78, 5) is 27.5. The molecule has 1 N–H and O–H groups in total. The van der Waals surface area contributed by atoms with Crippen LogP contribution >= 0.6 is 11.3 Å². The molecule has 0 saturated carbocycles. The van der Waals surface area contributed by atoms with E-state index >= 15 is 0 Å². The highest BCUT2D eigenvalue weighted by atomic mass is 32.1. The summed E-state index contributed by atoms with van der Waals surface area (Å²) in [6, 6.07) is 6.47. The van der Waals surface area contributed by atoms with Crippen LogP contribution < -0.4 is 10.2 Å². The van der Waals surface area contributed by atoms with Crippen molar-refractivity contribution in [3.63, 3.8) is 0 Å². The van der Waals surface area contributed by atoms with Gasteiger partial charge in [0, 0.05) is 31.5 Å². The molecule has 2 aromatic heterocycles. The number of carbonyl (C=O) groups excluding carboxylic acids is 1. The summed E-state index contributed by atoms with van der Waals surface area (Å²) >= 11 is 1.73. The van der Waals surface area contributed by atoms with Crippen molar-refractivity contribution in [2.45, 2.75) is 32.2 Å². The Balaban J connectivity index is 1.49. The van der Waals surface area contributed by atoms with Gasteiger partial charge in [-0.2, -0.15) is 0 Å². The molecular weight excluding hydrogens is 346 g/mol. The summed E-state index contributed by atoms with van der Waals surface area (Å²) in [5.74, 6) is -0.164. The van der Waals surface area contributed by atoms with Crippen LogP contribution in [0.5, 0.6) is 0 Å². The van der Waals surface area contributed by atoms with E-state index in [1.165, 1.54) is 22.7 Å². The zero-order valence-corrected chi connectivity index (χ0v) is 15.5. The Bertz CT molecular complexity index is 911. The molecule has 4 rings (SSSR count). The van der Waals surface area contributed by atoms with Gasteiger partial charge in [0.25, 0.3) is 5.91 Å². The van der Waals surface area contributed by atoms with Gasteiger partial charge in [-0.15, -0.1) is 0 Å². The molecule has 0 bridgehead atoms. The molecule has 1 fully saturated rings. The quantitative estimate of drug-likeness (QED) is 0.767. The Morgan fingerprint density at radius 3 is 3.12 bits per heavy atom. The number of amides is 1. The fourth-order valence-corrected chi connectivity index (χ4v) is 4.41. The molecule has 0 spiro atoms. The van der Waals surface area contributed by atoms with Crippen LogP contribution in [0.1, 0.15) is 35.8 Å². The SMILES string of the molecule is CCc1cccc2sc(N3CCCC(NC(=O)c4cnccn4)C3)nc12. The zero-order chi connectivity index (χ0) is 17.9. The van der Waals surface area contributed by atoms with Gasteiger partial charge in [0.2, 0.25) is 0 Å². The normalized spacial score (nSPS) is 17.4. The standard InChI is InChI=1S/C19H21N5OS/c1-2-13-5-3-7-16-17(13)23-19(26-16)24-10-4-6-14(12-24)22-18(25)15-11-20-8-9-21-15/h3,5,7-9,11,14H,2,4,6,10,12H2,1H3,(H,22,25). The Labute approximate surface area is 156 Å². The average Bonchev–Trinajstić information content (AvgIpc) is 3.13. The van der Waals surface area contributed by atoms with Crippen molar-refractivity contribution in [2.24, 2.45) is 0 Å². The maximum absolute atomic E-state index is 12.3. The van der Waals surface area contributed by atoms with Crippen LogP contribution in [-0.4, -0.2) is 40.0 Å². The lowest BCUT2D eigenvalue weighted by Gasteiger charge is -2.32. The first-order chi connectivity index (χ1) is 12.7. The molecule has 3 heterocycles. The summed E-state index contributed by atoms with van der Waals surface area (Å²) in [6.07, 6.45) is 7.58. The number of fused-ring (bicyclic) bond motifs is 1. The number of aryl methyl sites for hydroxylation is 1. The van der Waals surface area contributed by atoms with Gasteiger partial charge in [-0.05, 0) is 30.9 Å². The molecule has 1 aromatic carbocycles. The van der Waals surface area contributed by atoms with E-state index in [0.717, 1.165) is 43.0 Å². The number of carbonyl (C=O) groups is 1. The van der Waals surface area contributed by atoms with Crippen LogP contribution in [0.2, 0.25) is 0 Å². The molecule has 1 aliphatic heterocycles. The number of nitrogens with one attached hydrogen (secondary N) is 1. The molecule has 3 aromatic rings. The predicted molar refractivity (Wildman–Crippen MR) is 104 cm³/mol. The van der Waals surface area contributed by atoms with E-state index in [0.29, 0.717) is 5.69 Å². The van der Waals surface area contributed by atoms with Crippen molar-refractivity contribution >= 4 is 32.6 Å². The molecule has 26 heavy (non-hydrogen) atoms. The van der Waals surface area contributed by atoms with Gasteiger partial charge < -0.3 is 10.2 Å². The van der Waals surface area contributed by atoms with Crippen LogP contribution in [0.4, 0.5) is 5.13 Å². The van der Waals surface area contributed by atoms with E-state index in [-0.39, 0.29) is 11.9 Å². The smallest absolute Gasteiger partial charge is 0.271 e. The summed E-state index contributed by atoms with van der Waals surface area (Å²) in [5, 5.41) is 4.13. The van der Waals surface area contributed by atoms with Crippen molar-refractivity contribution in [3.8, 4) is 0 Å². The highest BCUT2D eigenvalue weighted by Crippen LogP contribution is 2.32. The molecule has 7 heteroatoms. The Kier molecular flexibility index (Phi) is 4.79.